The number of aryl methyl sites for hydroxylation is 2. The monoisotopic (exact) mass is 448 g/mol. The molecule has 2 aromatic rings. The van der Waals surface area contributed by atoms with Gasteiger partial charge in [-0.05, 0) is 60.8 Å². The second-order valence-electron chi connectivity index (χ2n) is 8.55. The zero-order chi connectivity index (χ0) is 20.4. The normalized spacial score (nSPS) is 18.0. The van der Waals surface area contributed by atoms with Gasteiger partial charge >= 0.3 is 5.97 Å². The number of nitrogens with zero attached hydrogens (tertiary/aromatic N) is 2. The summed E-state index contributed by atoms with van der Waals surface area (Å²) in [5, 5.41) is 9.62. The van der Waals surface area contributed by atoms with Gasteiger partial charge in [0.25, 0.3) is 0 Å². The molecule has 174 valence electrons. The van der Waals surface area contributed by atoms with Gasteiger partial charge in [-0.25, -0.2) is 4.79 Å². The molecule has 4 rings (SSSR count). The molecule has 31 heavy (non-hydrogen) atoms. The van der Waals surface area contributed by atoms with Crippen LogP contribution in [0.1, 0.15) is 108 Å². The Balaban J connectivity index is 0.000000533. The standard InChI is InChI=1S/C12H15NO2.C11H14ClN.3CH4/c1-7(2)10-4-3-8-5-9(12(14)15)6-13-11(8)10;1-7(2)10-4-3-8-5-9(12)6-13-11(8)10;;;/h5-7,10H,3-4H2,1-2H3,(H,14,15);5-7,10H,3-4H2,1-2H3;3*1H4/t2*10-;;;/m00.../s1. The van der Waals surface area contributed by atoms with E-state index in [2.05, 4.69) is 43.7 Å². The number of pyridine rings is 2. The summed E-state index contributed by atoms with van der Waals surface area (Å²) in [6, 6.07) is 3.83. The van der Waals surface area contributed by atoms with E-state index >= 15 is 0 Å². The third-order valence-corrected chi connectivity index (χ3v) is 6.18. The molecule has 2 heterocycles. The van der Waals surface area contributed by atoms with E-state index in [0.717, 1.165) is 35.5 Å². The van der Waals surface area contributed by atoms with Crippen molar-refractivity contribution in [3.8, 4) is 0 Å². The van der Waals surface area contributed by atoms with Crippen molar-refractivity contribution in [3.63, 3.8) is 0 Å². The topological polar surface area (TPSA) is 63.1 Å². The molecule has 0 unspecified atom stereocenters. The SMILES string of the molecule is C.C.C.CC(C)[C@@H]1CCc2cc(C(=O)O)cnc21.CC(C)[C@@H]1CCc2cc(Cl)cnc21. The van der Waals surface area contributed by atoms with Gasteiger partial charge in [0.1, 0.15) is 0 Å². The van der Waals surface area contributed by atoms with Crippen molar-refractivity contribution in [2.45, 2.75) is 87.5 Å². The molecular weight excluding hydrogens is 408 g/mol. The fourth-order valence-corrected chi connectivity index (χ4v) is 4.57. The van der Waals surface area contributed by atoms with Crippen LogP contribution in [0.3, 0.4) is 0 Å². The maximum atomic E-state index is 10.8. The lowest BCUT2D eigenvalue weighted by Crippen LogP contribution is -2.06. The number of halogens is 1. The molecule has 0 aromatic carbocycles. The van der Waals surface area contributed by atoms with Gasteiger partial charge < -0.3 is 5.11 Å². The predicted octanol–water partition coefficient (Wildman–Crippen LogP) is 7.79. The summed E-state index contributed by atoms with van der Waals surface area (Å²) in [5.41, 5.74) is 5.16. The molecule has 2 aliphatic carbocycles. The van der Waals surface area contributed by atoms with Crippen LogP contribution >= 0.6 is 11.6 Å². The van der Waals surface area contributed by atoms with Crippen LogP contribution in [0, 0.1) is 11.8 Å². The summed E-state index contributed by atoms with van der Waals surface area (Å²) in [6.07, 6.45) is 7.68. The molecular formula is C26H41ClN2O2. The van der Waals surface area contributed by atoms with Crippen LogP contribution in [0.2, 0.25) is 5.02 Å². The molecule has 5 heteroatoms. The van der Waals surface area contributed by atoms with Gasteiger partial charge in [-0.1, -0.05) is 61.6 Å². The molecule has 0 bridgehead atoms. The van der Waals surface area contributed by atoms with Gasteiger partial charge in [-0.15, -0.1) is 0 Å². The Morgan fingerprint density at radius 3 is 1.81 bits per heavy atom. The number of rotatable bonds is 3. The molecule has 0 amide bonds. The highest BCUT2D eigenvalue weighted by atomic mass is 35.5. The van der Waals surface area contributed by atoms with E-state index in [4.69, 9.17) is 16.7 Å². The third-order valence-electron chi connectivity index (χ3n) is 5.98. The summed E-state index contributed by atoms with van der Waals surface area (Å²) in [4.78, 5) is 19.5. The van der Waals surface area contributed by atoms with Gasteiger partial charge in [-0.2, -0.15) is 0 Å². The van der Waals surface area contributed by atoms with Crippen LogP contribution in [0.15, 0.2) is 24.5 Å². The minimum Gasteiger partial charge on any atom is -0.478 e. The molecule has 2 aromatic heterocycles. The Hall–Kier alpha value is -1.94. The number of hydrogen-bond acceptors (Lipinski definition) is 3. The molecule has 0 aliphatic heterocycles. The summed E-state index contributed by atoms with van der Waals surface area (Å²) >= 11 is 5.89. The summed E-state index contributed by atoms with van der Waals surface area (Å²) in [7, 11) is 0. The number of carbonyl (C=O) groups is 1. The van der Waals surface area contributed by atoms with Crippen LogP contribution < -0.4 is 0 Å². The maximum absolute atomic E-state index is 10.8. The number of carboxylic acids is 1. The molecule has 2 aliphatic rings. The molecule has 0 spiro atoms. The number of aromatic nitrogens is 2. The number of aromatic carboxylic acids is 1. The fraction of sp³-hybridized carbons (Fsp3) is 0.577. The third kappa shape index (κ3) is 6.52. The smallest absolute Gasteiger partial charge is 0.337 e. The van der Waals surface area contributed by atoms with Crippen molar-refractivity contribution in [3.05, 3.63) is 57.6 Å². The van der Waals surface area contributed by atoms with Crippen molar-refractivity contribution < 1.29 is 9.90 Å². The van der Waals surface area contributed by atoms with E-state index in [1.54, 1.807) is 12.3 Å². The molecule has 0 saturated heterocycles. The first-order chi connectivity index (χ1) is 13.3. The predicted molar refractivity (Wildman–Crippen MR) is 132 cm³/mol. The Morgan fingerprint density at radius 2 is 1.35 bits per heavy atom. The number of fused-ring (bicyclic) bond motifs is 2. The lowest BCUT2D eigenvalue weighted by atomic mass is 9.93. The minimum atomic E-state index is -0.890. The van der Waals surface area contributed by atoms with Crippen molar-refractivity contribution in [1.82, 2.24) is 9.97 Å². The van der Waals surface area contributed by atoms with Crippen LogP contribution in [0.5, 0.6) is 0 Å². The van der Waals surface area contributed by atoms with Gasteiger partial charge in [0.15, 0.2) is 0 Å². The summed E-state index contributed by atoms with van der Waals surface area (Å²) < 4.78 is 0. The highest BCUT2D eigenvalue weighted by Crippen LogP contribution is 2.38. The van der Waals surface area contributed by atoms with Gasteiger partial charge in [0.2, 0.25) is 0 Å². The highest BCUT2D eigenvalue weighted by Gasteiger charge is 2.27. The van der Waals surface area contributed by atoms with E-state index in [1.807, 2.05) is 0 Å². The first-order valence-electron chi connectivity index (χ1n) is 10.1. The first kappa shape index (κ1) is 29.1. The second-order valence-corrected chi connectivity index (χ2v) is 8.99. The lowest BCUT2D eigenvalue weighted by molar-refractivity contribution is 0.0696. The summed E-state index contributed by atoms with van der Waals surface area (Å²) in [6.45, 7) is 8.89. The second kappa shape index (κ2) is 12.2. The fourth-order valence-electron chi connectivity index (χ4n) is 4.39. The average Bonchev–Trinajstić information content (AvgIpc) is 3.25. The Morgan fingerprint density at radius 1 is 0.903 bits per heavy atom. The van der Waals surface area contributed by atoms with E-state index in [9.17, 15) is 4.79 Å². The molecule has 2 atom stereocenters. The molecule has 4 nitrogen and oxygen atoms in total. The van der Waals surface area contributed by atoms with Crippen LogP contribution in [-0.2, 0) is 12.8 Å². The Kier molecular flexibility index (Phi) is 11.4. The average molecular weight is 449 g/mol. The Bertz CT molecular complexity index is 864. The van der Waals surface area contributed by atoms with E-state index in [-0.39, 0.29) is 22.3 Å². The van der Waals surface area contributed by atoms with Crippen LogP contribution in [0.25, 0.3) is 0 Å². The zero-order valence-corrected chi connectivity index (χ0v) is 17.8. The molecule has 0 fully saturated rings. The number of hydrogen-bond donors (Lipinski definition) is 1. The quantitative estimate of drug-likeness (QED) is 0.520. The summed E-state index contributed by atoms with van der Waals surface area (Å²) in [5.74, 6) is 1.53. The largest absolute Gasteiger partial charge is 0.478 e. The van der Waals surface area contributed by atoms with E-state index < -0.39 is 5.97 Å². The van der Waals surface area contributed by atoms with Crippen molar-refractivity contribution in [1.29, 1.82) is 0 Å². The van der Waals surface area contributed by atoms with Crippen molar-refractivity contribution in [2.75, 3.05) is 0 Å². The van der Waals surface area contributed by atoms with Crippen LogP contribution in [0.4, 0.5) is 0 Å². The van der Waals surface area contributed by atoms with Gasteiger partial charge in [0.05, 0.1) is 10.6 Å². The van der Waals surface area contributed by atoms with Crippen LogP contribution in [-0.4, -0.2) is 21.0 Å². The lowest BCUT2D eigenvalue weighted by Gasteiger charge is -2.14. The molecule has 1 N–H and O–H groups in total. The van der Waals surface area contributed by atoms with Gasteiger partial charge in [-0.3, -0.25) is 9.97 Å². The molecule has 0 radical (unpaired) electrons. The highest BCUT2D eigenvalue weighted by molar-refractivity contribution is 6.30. The van der Waals surface area contributed by atoms with Crippen molar-refractivity contribution >= 4 is 17.6 Å². The molecule has 0 saturated carbocycles. The minimum absolute atomic E-state index is 0. The Labute approximate surface area is 194 Å². The number of carboxylic acid groups (broad SMARTS) is 1. The van der Waals surface area contributed by atoms with E-state index in [0.29, 0.717) is 29.2 Å². The van der Waals surface area contributed by atoms with Crippen molar-refractivity contribution in [2.24, 2.45) is 11.8 Å². The zero-order valence-electron chi connectivity index (χ0n) is 17.1. The van der Waals surface area contributed by atoms with E-state index in [1.165, 1.54) is 23.9 Å². The first-order valence-corrected chi connectivity index (χ1v) is 10.5. The van der Waals surface area contributed by atoms with Gasteiger partial charge in [0, 0.05) is 35.6 Å². The maximum Gasteiger partial charge on any atom is 0.337 e.